The van der Waals surface area contributed by atoms with Crippen molar-refractivity contribution in [2.24, 2.45) is 5.92 Å². The average Bonchev–Trinajstić information content (AvgIpc) is 2.78. The SMILES string of the molecule is CC[C@@H](C(=O)NCC(C)C)N(Cc1ccc(OC)cc1)C(=O)COc1cccc(C)c1C. The summed E-state index contributed by atoms with van der Waals surface area (Å²) in [6, 6.07) is 12.7. The van der Waals surface area contributed by atoms with Crippen LogP contribution in [0.3, 0.4) is 0 Å². The van der Waals surface area contributed by atoms with Gasteiger partial charge in [0.25, 0.3) is 5.91 Å². The minimum atomic E-state index is -0.578. The van der Waals surface area contributed by atoms with Gasteiger partial charge < -0.3 is 19.7 Å². The Morgan fingerprint density at radius 3 is 2.34 bits per heavy atom. The lowest BCUT2D eigenvalue weighted by atomic mass is 10.1. The van der Waals surface area contributed by atoms with E-state index >= 15 is 0 Å². The maximum atomic E-state index is 13.3. The zero-order valence-electron chi connectivity index (χ0n) is 20.1. The van der Waals surface area contributed by atoms with Gasteiger partial charge in [-0.3, -0.25) is 9.59 Å². The number of amides is 2. The van der Waals surface area contributed by atoms with Gasteiger partial charge in [0.2, 0.25) is 5.91 Å². The molecule has 32 heavy (non-hydrogen) atoms. The van der Waals surface area contributed by atoms with Gasteiger partial charge in [0, 0.05) is 13.1 Å². The fourth-order valence-corrected chi connectivity index (χ4v) is 3.37. The molecule has 0 fully saturated rings. The summed E-state index contributed by atoms with van der Waals surface area (Å²) in [6.45, 7) is 10.7. The molecule has 0 aliphatic heterocycles. The van der Waals surface area contributed by atoms with Crippen LogP contribution in [0.1, 0.15) is 43.9 Å². The van der Waals surface area contributed by atoms with Crippen LogP contribution >= 0.6 is 0 Å². The van der Waals surface area contributed by atoms with Gasteiger partial charge in [0.05, 0.1) is 7.11 Å². The van der Waals surface area contributed by atoms with Crippen LogP contribution in [0.15, 0.2) is 42.5 Å². The lowest BCUT2D eigenvalue weighted by molar-refractivity contribution is -0.143. The standard InChI is InChI=1S/C26H36N2O4/c1-7-23(26(30)27-15-18(2)3)28(16-21-11-13-22(31-6)14-12-21)25(29)17-32-24-10-8-9-19(4)20(24)5/h8-14,18,23H,7,15-17H2,1-6H3,(H,27,30)/t23-/m0/s1. The molecule has 0 saturated carbocycles. The maximum absolute atomic E-state index is 13.3. The Labute approximate surface area is 191 Å². The molecule has 2 amide bonds. The van der Waals surface area contributed by atoms with Gasteiger partial charge >= 0.3 is 0 Å². The summed E-state index contributed by atoms with van der Waals surface area (Å²) in [5, 5.41) is 2.97. The Morgan fingerprint density at radius 1 is 1.06 bits per heavy atom. The maximum Gasteiger partial charge on any atom is 0.261 e. The molecular formula is C26H36N2O4. The van der Waals surface area contributed by atoms with Crippen LogP contribution in [0, 0.1) is 19.8 Å². The number of benzene rings is 2. The second-order valence-corrected chi connectivity index (χ2v) is 8.42. The van der Waals surface area contributed by atoms with E-state index in [1.165, 1.54) is 0 Å². The van der Waals surface area contributed by atoms with Crippen molar-refractivity contribution in [2.45, 2.75) is 53.6 Å². The number of nitrogens with zero attached hydrogens (tertiary/aromatic N) is 1. The first kappa shape index (κ1) is 25.2. The van der Waals surface area contributed by atoms with Crippen molar-refractivity contribution in [3.8, 4) is 11.5 Å². The van der Waals surface area contributed by atoms with Crippen LogP contribution in [0.2, 0.25) is 0 Å². The summed E-state index contributed by atoms with van der Waals surface area (Å²) in [6.07, 6.45) is 0.509. The van der Waals surface area contributed by atoms with Crippen LogP contribution in [-0.4, -0.2) is 43.0 Å². The Kier molecular flexibility index (Phi) is 9.57. The van der Waals surface area contributed by atoms with E-state index in [1.807, 2.05) is 77.1 Å². The van der Waals surface area contributed by atoms with Crippen molar-refractivity contribution in [1.82, 2.24) is 10.2 Å². The third kappa shape index (κ3) is 7.01. The highest BCUT2D eigenvalue weighted by Crippen LogP contribution is 2.21. The van der Waals surface area contributed by atoms with Gasteiger partial charge in [-0.15, -0.1) is 0 Å². The number of rotatable bonds is 11. The van der Waals surface area contributed by atoms with Crippen molar-refractivity contribution in [3.05, 3.63) is 59.2 Å². The Bertz CT molecular complexity index is 893. The molecule has 2 rings (SSSR count). The lowest BCUT2D eigenvalue weighted by Crippen LogP contribution is -2.50. The monoisotopic (exact) mass is 440 g/mol. The summed E-state index contributed by atoms with van der Waals surface area (Å²) in [5.41, 5.74) is 3.02. The molecule has 0 unspecified atom stereocenters. The summed E-state index contributed by atoms with van der Waals surface area (Å²) >= 11 is 0. The summed E-state index contributed by atoms with van der Waals surface area (Å²) in [5.74, 6) is 1.38. The number of ether oxygens (including phenoxy) is 2. The molecule has 0 saturated heterocycles. The smallest absolute Gasteiger partial charge is 0.261 e. The van der Waals surface area contributed by atoms with Gasteiger partial charge in [-0.25, -0.2) is 0 Å². The zero-order valence-corrected chi connectivity index (χ0v) is 20.1. The zero-order chi connectivity index (χ0) is 23.7. The number of hydrogen-bond acceptors (Lipinski definition) is 4. The quantitative estimate of drug-likeness (QED) is 0.567. The summed E-state index contributed by atoms with van der Waals surface area (Å²) in [7, 11) is 1.61. The number of nitrogens with one attached hydrogen (secondary N) is 1. The van der Waals surface area contributed by atoms with Gasteiger partial charge in [0.15, 0.2) is 6.61 Å². The largest absolute Gasteiger partial charge is 0.497 e. The predicted molar refractivity (Wildman–Crippen MR) is 127 cm³/mol. The lowest BCUT2D eigenvalue weighted by Gasteiger charge is -2.31. The molecule has 1 atom stereocenters. The first-order valence-corrected chi connectivity index (χ1v) is 11.2. The molecule has 0 bridgehead atoms. The van der Waals surface area contributed by atoms with E-state index in [9.17, 15) is 9.59 Å². The third-order valence-electron chi connectivity index (χ3n) is 5.49. The highest BCUT2D eigenvalue weighted by molar-refractivity contribution is 5.88. The van der Waals surface area contributed by atoms with Crippen LogP contribution in [0.25, 0.3) is 0 Å². The van der Waals surface area contributed by atoms with Gasteiger partial charge in [-0.1, -0.05) is 45.0 Å². The molecule has 1 N–H and O–H groups in total. The minimum Gasteiger partial charge on any atom is -0.497 e. The van der Waals surface area contributed by atoms with Crippen LogP contribution in [0.5, 0.6) is 11.5 Å². The summed E-state index contributed by atoms with van der Waals surface area (Å²) in [4.78, 5) is 27.8. The van der Waals surface area contributed by atoms with Crippen LogP contribution in [0.4, 0.5) is 0 Å². The number of carbonyl (C=O) groups is 2. The van der Waals surface area contributed by atoms with E-state index in [0.717, 1.165) is 22.4 Å². The van der Waals surface area contributed by atoms with E-state index in [-0.39, 0.29) is 18.4 Å². The Morgan fingerprint density at radius 2 is 1.75 bits per heavy atom. The number of hydrogen-bond donors (Lipinski definition) is 1. The van der Waals surface area contributed by atoms with E-state index in [2.05, 4.69) is 5.32 Å². The molecule has 0 radical (unpaired) electrons. The van der Waals surface area contributed by atoms with Crippen LogP contribution < -0.4 is 14.8 Å². The molecule has 0 aliphatic rings. The second-order valence-electron chi connectivity index (χ2n) is 8.42. The van der Waals surface area contributed by atoms with Crippen LogP contribution in [-0.2, 0) is 16.1 Å². The van der Waals surface area contributed by atoms with E-state index < -0.39 is 6.04 Å². The fraction of sp³-hybridized carbons (Fsp3) is 0.462. The third-order valence-corrected chi connectivity index (χ3v) is 5.49. The van der Waals surface area contributed by atoms with Gasteiger partial charge in [0.1, 0.15) is 17.5 Å². The predicted octanol–water partition coefficient (Wildman–Crippen LogP) is 4.27. The number of aryl methyl sites for hydroxylation is 1. The molecule has 0 heterocycles. The molecule has 0 aromatic heterocycles. The molecule has 174 valence electrons. The highest BCUT2D eigenvalue weighted by Gasteiger charge is 2.29. The molecule has 0 spiro atoms. The fourth-order valence-electron chi connectivity index (χ4n) is 3.37. The first-order chi connectivity index (χ1) is 15.3. The second kappa shape index (κ2) is 12.1. The average molecular weight is 441 g/mol. The molecule has 2 aromatic rings. The highest BCUT2D eigenvalue weighted by atomic mass is 16.5. The van der Waals surface area contributed by atoms with Crippen molar-refractivity contribution in [1.29, 1.82) is 0 Å². The molecule has 2 aromatic carbocycles. The topological polar surface area (TPSA) is 67.9 Å². The van der Waals surface area contributed by atoms with Gasteiger partial charge in [-0.2, -0.15) is 0 Å². The minimum absolute atomic E-state index is 0.131. The molecular weight excluding hydrogens is 404 g/mol. The molecule has 0 aliphatic carbocycles. The molecule has 6 heteroatoms. The number of methoxy groups -OCH3 is 1. The Balaban J connectivity index is 2.22. The Hall–Kier alpha value is -3.02. The van der Waals surface area contributed by atoms with Crippen molar-refractivity contribution in [2.75, 3.05) is 20.3 Å². The summed E-state index contributed by atoms with van der Waals surface area (Å²) < 4.78 is 11.1. The van der Waals surface area contributed by atoms with E-state index in [4.69, 9.17) is 9.47 Å². The number of carbonyl (C=O) groups excluding carboxylic acids is 2. The van der Waals surface area contributed by atoms with Gasteiger partial charge in [-0.05, 0) is 61.1 Å². The van der Waals surface area contributed by atoms with Crippen molar-refractivity contribution >= 4 is 11.8 Å². The molecule has 6 nitrogen and oxygen atoms in total. The normalized spacial score (nSPS) is 11.7. The van der Waals surface area contributed by atoms with E-state index in [1.54, 1.807) is 12.0 Å². The van der Waals surface area contributed by atoms with Crippen molar-refractivity contribution < 1.29 is 19.1 Å². The first-order valence-electron chi connectivity index (χ1n) is 11.2. The van der Waals surface area contributed by atoms with Crippen molar-refractivity contribution in [3.63, 3.8) is 0 Å². The van der Waals surface area contributed by atoms with E-state index in [0.29, 0.717) is 31.2 Å².